The van der Waals surface area contributed by atoms with Gasteiger partial charge < -0.3 is 29.7 Å². The number of anilines is 2. The van der Waals surface area contributed by atoms with E-state index >= 15 is 0 Å². The van der Waals surface area contributed by atoms with Crippen LogP contribution in [0.25, 0.3) is 10.9 Å². The molecule has 0 bridgehead atoms. The summed E-state index contributed by atoms with van der Waals surface area (Å²) in [4.78, 5) is 11.7. The van der Waals surface area contributed by atoms with Crippen LogP contribution in [0.2, 0.25) is 0 Å². The van der Waals surface area contributed by atoms with E-state index in [9.17, 15) is 0 Å². The third-order valence-electron chi connectivity index (χ3n) is 7.24. The van der Waals surface area contributed by atoms with Crippen LogP contribution in [-0.4, -0.2) is 56.5 Å². The number of hydrogen-bond donors (Lipinski definition) is 2. The van der Waals surface area contributed by atoms with Gasteiger partial charge in [0.25, 0.3) is 0 Å². The predicted molar refractivity (Wildman–Crippen MR) is 160 cm³/mol. The van der Waals surface area contributed by atoms with Crippen LogP contribution < -0.4 is 29.7 Å². The Kier molecular flexibility index (Phi) is 10.5. The van der Waals surface area contributed by atoms with E-state index in [2.05, 4.69) is 33.7 Å². The van der Waals surface area contributed by atoms with Crippen molar-refractivity contribution in [2.24, 2.45) is 5.92 Å². The van der Waals surface area contributed by atoms with Gasteiger partial charge in [-0.1, -0.05) is 12.1 Å². The Morgan fingerprint density at radius 3 is 2.36 bits per heavy atom. The standard InChI is InChI=1S/C31H45N5O3/c1-6-37-25-19-23(29(39-8-3)28(20-25)38-7-2)21-32-18-17-22-13-15-24(16-14-22)33-31-34-27-12-10-9-11-26(27)30(35-31)36(4)5/h9-12,19-20,22,24,32H,6-8,13-18,21H2,1-5H3,(H,33,34,35)/t22-,24+. The van der Waals surface area contributed by atoms with Crippen LogP contribution in [0, 0.1) is 5.92 Å². The van der Waals surface area contributed by atoms with E-state index in [1.54, 1.807) is 0 Å². The van der Waals surface area contributed by atoms with E-state index in [0.717, 1.165) is 83.8 Å². The molecule has 0 amide bonds. The van der Waals surface area contributed by atoms with E-state index in [0.29, 0.717) is 25.9 Å². The minimum absolute atomic E-state index is 0.414. The number of nitrogens with one attached hydrogen (secondary N) is 2. The molecule has 3 aromatic rings. The van der Waals surface area contributed by atoms with Gasteiger partial charge in [-0.2, -0.15) is 4.98 Å². The predicted octanol–water partition coefficient (Wildman–Crippen LogP) is 6.04. The Hall–Kier alpha value is -3.26. The number of rotatable bonds is 14. The van der Waals surface area contributed by atoms with Gasteiger partial charge in [0.2, 0.25) is 5.95 Å². The molecule has 0 radical (unpaired) electrons. The van der Waals surface area contributed by atoms with Crippen molar-refractivity contribution in [2.45, 2.75) is 65.5 Å². The van der Waals surface area contributed by atoms with Crippen molar-refractivity contribution in [1.82, 2.24) is 15.3 Å². The van der Waals surface area contributed by atoms with Crippen molar-refractivity contribution in [2.75, 3.05) is 50.7 Å². The fourth-order valence-electron chi connectivity index (χ4n) is 5.36. The lowest BCUT2D eigenvalue weighted by molar-refractivity contribution is 0.279. The topological polar surface area (TPSA) is 80.8 Å². The van der Waals surface area contributed by atoms with Crippen LogP contribution in [0.5, 0.6) is 17.2 Å². The normalized spacial score (nSPS) is 17.2. The summed E-state index contributed by atoms with van der Waals surface area (Å²) in [6, 6.07) is 12.6. The first-order chi connectivity index (χ1) is 19.0. The average molecular weight is 536 g/mol. The summed E-state index contributed by atoms with van der Waals surface area (Å²) in [5, 5.41) is 8.34. The Labute approximate surface area is 233 Å². The van der Waals surface area contributed by atoms with Gasteiger partial charge in [-0.25, -0.2) is 4.98 Å². The highest BCUT2D eigenvalue weighted by Gasteiger charge is 2.22. The Balaban J connectivity index is 1.28. The van der Waals surface area contributed by atoms with Crippen LogP contribution in [-0.2, 0) is 6.54 Å². The molecule has 0 unspecified atom stereocenters. The first-order valence-corrected chi connectivity index (χ1v) is 14.5. The van der Waals surface area contributed by atoms with E-state index < -0.39 is 0 Å². The summed E-state index contributed by atoms with van der Waals surface area (Å²) in [7, 11) is 4.06. The second-order valence-electron chi connectivity index (χ2n) is 10.3. The highest BCUT2D eigenvalue weighted by atomic mass is 16.5. The quantitative estimate of drug-likeness (QED) is 0.242. The molecule has 39 heavy (non-hydrogen) atoms. The number of hydrogen-bond acceptors (Lipinski definition) is 8. The molecular formula is C31H45N5O3. The number of benzene rings is 2. The van der Waals surface area contributed by atoms with E-state index in [1.165, 1.54) is 12.8 Å². The minimum Gasteiger partial charge on any atom is -0.494 e. The van der Waals surface area contributed by atoms with E-state index in [-0.39, 0.29) is 0 Å². The first kappa shape index (κ1) is 28.7. The summed E-state index contributed by atoms with van der Waals surface area (Å²) in [6.07, 6.45) is 5.87. The van der Waals surface area contributed by atoms with Gasteiger partial charge in [-0.15, -0.1) is 0 Å². The van der Waals surface area contributed by atoms with Crippen molar-refractivity contribution in [3.8, 4) is 17.2 Å². The first-order valence-electron chi connectivity index (χ1n) is 14.5. The molecule has 1 aromatic heterocycles. The number of aromatic nitrogens is 2. The monoisotopic (exact) mass is 535 g/mol. The maximum Gasteiger partial charge on any atom is 0.225 e. The molecule has 0 saturated heterocycles. The number of fused-ring (bicyclic) bond motifs is 1. The summed E-state index contributed by atoms with van der Waals surface area (Å²) in [5.74, 6) is 4.80. The summed E-state index contributed by atoms with van der Waals surface area (Å²) in [5.41, 5.74) is 2.05. The number of para-hydroxylation sites is 1. The second kappa shape index (κ2) is 14.2. The van der Waals surface area contributed by atoms with Crippen molar-refractivity contribution in [3.05, 3.63) is 42.0 Å². The highest BCUT2D eigenvalue weighted by molar-refractivity contribution is 5.90. The Morgan fingerprint density at radius 1 is 0.897 bits per heavy atom. The smallest absolute Gasteiger partial charge is 0.225 e. The zero-order valence-corrected chi connectivity index (χ0v) is 24.3. The summed E-state index contributed by atoms with van der Waals surface area (Å²) >= 11 is 0. The molecule has 0 atom stereocenters. The van der Waals surface area contributed by atoms with Gasteiger partial charge in [-0.3, -0.25) is 0 Å². The van der Waals surface area contributed by atoms with Crippen LogP contribution >= 0.6 is 0 Å². The molecule has 4 rings (SSSR count). The zero-order valence-electron chi connectivity index (χ0n) is 24.3. The highest BCUT2D eigenvalue weighted by Crippen LogP contribution is 2.36. The second-order valence-corrected chi connectivity index (χ2v) is 10.3. The molecule has 2 aromatic carbocycles. The van der Waals surface area contributed by atoms with E-state index in [4.69, 9.17) is 24.2 Å². The number of ether oxygens (including phenoxy) is 3. The van der Waals surface area contributed by atoms with Crippen molar-refractivity contribution in [3.63, 3.8) is 0 Å². The molecule has 2 N–H and O–H groups in total. The SMILES string of the molecule is CCOc1cc(CNCC[C@H]2CC[C@@H](Nc3nc(N(C)C)c4ccccc4n3)CC2)c(OCC)c(OCC)c1. The van der Waals surface area contributed by atoms with Gasteiger partial charge in [0, 0.05) is 43.7 Å². The summed E-state index contributed by atoms with van der Waals surface area (Å²) in [6.45, 7) is 9.48. The fraction of sp³-hybridized carbons (Fsp3) is 0.548. The molecule has 1 aliphatic carbocycles. The zero-order chi connectivity index (χ0) is 27.6. The van der Waals surface area contributed by atoms with Gasteiger partial charge in [0.1, 0.15) is 11.6 Å². The van der Waals surface area contributed by atoms with Crippen molar-refractivity contribution in [1.29, 1.82) is 0 Å². The minimum atomic E-state index is 0.414. The van der Waals surface area contributed by atoms with Crippen LogP contribution in [0.4, 0.5) is 11.8 Å². The third-order valence-corrected chi connectivity index (χ3v) is 7.24. The van der Waals surface area contributed by atoms with Gasteiger partial charge in [0.15, 0.2) is 11.5 Å². The van der Waals surface area contributed by atoms with Gasteiger partial charge in [-0.05, 0) is 83.5 Å². The van der Waals surface area contributed by atoms with E-state index in [1.807, 2.05) is 53.1 Å². The maximum atomic E-state index is 5.97. The molecule has 8 nitrogen and oxygen atoms in total. The van der Waals surface area contributed by atoms with Gasteiger partial charge in [0.05, 0.1) is 25.3 Å². The molecule has 212 valence electrons. The molecule has 1 aliphatic rings. The Morgan fingerprint density at radius 2 is 1.64 bits per heavy atom. The molecular weight excluding hydrogens is 490 g/mol. The maximum absolute atomic E-state index is 5.97. The summed E-state index contributed by atoms with van der Waals surface area (Å²) < 4.78 is 17.6. The molecule has 1 saturated carbocycles. The molecule has 8 heteroatoms. The molecule has 1 heterocycles. The fourth-order valence-corrected chi connectivity index (χ4v) is 5.36. The van der Waals surface area contributed by atoms with Crippen LogP contribution in [0.15, 0.2) is 36.4 Å². The lowest BCUT2D eigenvalue weighted by atomic mass is 9.84. The number of nitrogens with zero attached hydrogens (tertiary/aromatic N) is 3. The molecule has 0 aliphatic heterocycles. The lowest BCUT2D eigenvalue weighted by Gasteiger charge is -2.29. The third kappa shape index (κ3) is 7.66. The van der Waals surface area contributed by atoms with Crippen molar-refractivity contribution >= 4 is 22.7 Å². The van der Waals surface area contributed by atoms with Crippen LogP contribution in [0.1, 0.15) is 58.4 Å². The average Bonchev–Trinajstić information content (AvgIpc) is 2.93. The molecule has 1 fully saturated rings. The van der Waals surface area contributed by atoms with Crippen LogP contribution in [0.3, 0.4) is 0 Å². The Bertz CT molecular complexity index is 1190. The largest absolute Gasteiger partial charge is 0.494 e. The lowest BCUT2D eigenvalue weighted by Crippen LogP contribution is -2.28. The molecule has 0 spiro atoms. The van der Waals surface area contributed by atoms with Gasteiger partial charge >= 0.3 is 0 Å². The van der Waals surface area contributed by atoms with Crippen molar-refractivity contribution < 1.29 is 14.2 Å².